The van der Waals surface area contributed by atoms with E-state index in [0.717, 1.165) is 22.8 Å². The van der Waals surface area contributed by atoms with Crippen molar-refractivity contribution in [3.63, 3.8) is 0 Å². The van der Waals surface area contributed by atoms with Gasteiger partial charge < -0.3 is 15.0 Å². The maximum Gasteiger partial charge on any atom is 0.155 e. The number of para-hydroxylation sites is 1. The van der Waals surface area contributed by atoms with E-state index in [1.807, 2.05) is 35.9 Å². The molecule has 2 rings (SSSR count). The normalized spacial score (nSPS) is 10.6. The highest BCUT2D eigenvalue weighted by Crippen LogP contribution is 2.34. The van der Waals surface area contributed by atoms with Gasteiger partial charge in [0, 0.05) is 12.6 Å². The quantitative estimate of drug-likeness (QED) is 0.910. The molecule has 0 aliphatic heterocycles. The largest absolute Gasteiger partial charge is 0.496 e. The molecule has 0 saturated heterocycles. The molecule has 2 aromatic rings. The number of rotatable bonds is 3. The molecular weight excluding hydrogens is 238 g/mol. The lowest BCUT2D eigenvalue weighted by molar-refractivity contribution is 0.416. The summed E-state index contributed by atoms with van der Waals surface area (Å²) in [5.41, 5.74) is 7.34. The highest BCUT2D eigenvalue weighted by molar-refractivity contribution is 6.32. The molecular formula is C12H14ClN3O. The third-order valence-electron chi connectivity index (χ3n) is 2.69. The first-order valence-corrected chi connectivity index (χ1v) is 5.61. The molecule has 0 atom stereocenters. The second kappa shape index (κ2) is 4.77. The lowest BCUT2D eigenvalue weighted by Crippen LogP contribution is -2.05. The van der Waals surface area contributed by atoms with E-state index >= 15 is 0 Å². The summed E-state index contributed by atoms with van der Waals surface area (Å²) in [4.78, 5) is 4.23. The maximum absolute atomic E-state index is 6.15. The van der Waals surface area contributed by atoms with Gasteiger partial charge in [-0.2, -0.15) is 0 Å². The Labute approximate surface area is 105 Å². The summed E-state index contributed by atoms with van der Waals surface area (Å²) in [6, 6.07) is 7.68. The predicted molar refractivity (Wildman–Crippen MR) is 68.1 cm³/mol. The van der Waals surface area contributed by atoms with Crippen molar-refractivity contribution in [3.05, 3.63) is 35.2 Å². The van der Waals surface area contributed by atoms with Crippen LogP contribution in [0.25, 0.3) is 11.3 Å². The van der Waals surface area contributed by atoms with Crippen LogP contribution in [0.1, 0.15) is 5.82 Å². The van der Waals surface area contributed by atoms with Crippen LogP contribution >= 0.6 is 11.6 Å². The number of imidazole rings is 1. The van der Waals surface area contributed by atoms with Crippen molar-refractivity contribution in [2.75, 3.05) is 7.11 Å². The minimum Gasteiger partial charge on any atom is -0.496 e. The Morgan fingerprint density at radius 3 is 2.71 bits per heavy atom. The molecule has 0 spiro atoms. The molecule has 1 heterocycles. The Morgan fingerprint density at radius 2 is 2.12 bits per heavy atom. The van der Waals surface area contributed by atoms with Crippen LogP contribution in [-0.4, -0.2) is 16.7 Å². The van der Waals surface area contributed by atoms with Crippen LogP contribution in [0.5, 0.6) is 5.75 Å². The first-order chi connectivity index (χ1) is 8.19. The fourth-order valence-corrected chi connectivity index (χ4v) is 2.15. The summed E-state index contributed by atoms with van der Waals surface area (Å²) >= 11 is 6.15. The third-order valence-corrected chi connectivity index (χ3v) is 2.95. The molecule has 5 heteroatoms. The molecule has 1 aromatic heterocycles. The Kier molecular flexibility index (Phi) is 3.36. The summed E-state index contributed by atoms with van der Waals surface area (Å²) < 4.78 is 7.21. The van der Waals surface area contributed by atoms with Crippen molar-refractivity contribution in [3.8, 4) is 17.0 Å². The Balaban J connectivity index is 2.64. The van der Waals surface area contributed by atoms with Gasteiger partial charge in [0.15, 0.2) is 5.15 Å². The highest BCUT2D eigenvalue weighted by Gasteiger charge is 2.16. The van der Waals surface area contributed by atoms with E-state index in [2.05, 4.69) is 4.98 Å². The van der Waals surface area contributed by atoms with Crippen LogP contribution in [0.3, 0.4) is 0 Å². The molecule has 0 radical (unpaired) electrons. The summed E-state index contributed by atoms with van der Waals surface area (Å²) in [6.45, 7) is 0.353. The molecule has 1 aromatic carbocycles. The predicted octanol–water partition coefficient (Wildman–Crippen LogP) is 2.21. The summed E-state index contributed by atoms with van der Waals surface area (Å²) in [7, 11) is 3.52. The van der Waals surface area contributed by atoms with Crippen LogP contribution in [0.15, 0.2) is 24.3 Å². The number of aromatic nitrogens is 2. The zero-order valence-electron chi connectivity index (χ0n) is 9.77. The zero-order chi connectivity index (χ0) is 12.4. The van der Waals surface area contributed by atoms with Crippen molar-refractivity contribution in [1.29, 1.82) is 0 Å². The SMILES string of the molecule is COc1ccccc1-c1c(Cl)nc(CN)n1C. The number of hydrogen-bond donors (Lipinski definition) is 1. The molecule has 0 fully saturated rings. The molecule has 0 unspecified atom stereocenters. The van der Waals surface area contributed by atoms with Gasteiger partial charge in [0.1, 0.15) is 11.6 Å². The first-order valence-electron chi connectivity index (χ1n) is 5.23. The van der Waals surface area contributed by atoms with E-state index < -0.39 is 0 Å². The van der Waals surface area contributed by atoms with Gasteiger partial charge in [-0.15, -0.1) is 0 Å². The third kappa shape index (κ3) is 2.01. The van der Waals surface area contributed by atoms with E-state index in [1.54, 1.807) is 7.11 Å². The number of nitrogens with two attached hydrogens (primary N) is 1. The van der Waals surface area contributed by atoms with E-state index in [9.17, 15) is 0 Å². The monoisotopic (exact) mass is 251 g/mol. The molecule has 0 saturated carbocycles. The van der Waals surface area contributed by atoms with Crippen molar-refractivity contribution >= 4 is 11.6 Å². The average Bonchev–Trinajstić information content (AvgIpc) is 2.64. The van der Waals surface area contributed by atoms with Gasteiger partial charge in [-0.1, -0.05) is 23.7 Å². The number of nitrogens with zero attached hydrogens (tertiary/aromatic N) is 2. The number of hydrogen-bond acceptors (Lipinski definition) is 3. The van der Waals surface area contributed by atoms with Crippen LogP contribution in [0, 0.1) is 0 Å². The molecule has 2 N–H and O–H groups in total. The van der Waals surface area contributed by atoms with Crippen LogP contribution in [0.4, 0.5) is 0 Å². The Bertz CT molecular complexity index is 537. The van der Waals surface area contributed by atoms with Crippen molar-refractivity contribution in [2.24, 2.45) is 12.8 Å². The minimum atomic E-state index is 0.353. The van der Waals surface area contributed by atoms with Gasteiger partial charge in [0.05, 0.1) is 19.3 Å². The molecule has 90 valence electrons. The molecule has 0 bridgehead atoms. The maximum atomic E-state index is 6.15. The highest BCUT2D eigenvalue weighted by atomic mass is 35.5. The second-order valence-electron chi connectivity index (χ2n) is 3.63. The second-order valence-corrected chi connectivity index (χ2v) is 3.99. The van der Waals surface area contributed by atoms with Gasteiger partial charge in [0.2, 0.25) is 0 Å². The summed E-state index contributed by atoms with van der Waals surface area (Å²) in [5.74, 6) is 1.51. The molecule has 17 heavy (non-hydrogen) atoms. The minimum absolute atomic E-state index is 0.353. The molecule has 0 amide bonds. The van der Waals surface area contributed by atoms with Crippen molar-refractivity contribution < 1.29 is 4.74 Å². The lowest BCUT2D eigenvalue weighted by Gasteiger charge is -2.09. The van der Waals surface area contributed by atoms with E-state index in [-0.39, 0.29) is 0 Å². The fraction of sp³-hybridized carbons (Fsp3) is 0.250. The number of benzene rings is 1. The number of halogens is 1. The first kappa shape index (κ1) is 12.0. The average molecular weight is 252 g/mol. The molecule has 4 nitrogen and oxygen atoms in total. The van der Waals surface area contributed by atoms with Gasteiger partial charge in [0.25, 0.3) is 0 Å². The fourth-order valence-electron chi connectivity index (χ4n) is 1.82. The van der Waals surface area contributed by atoms with E-state index in [4.69, 9.17) is 22.1 Å². The smallest absolute Gasteiger partial charge is 0.155 e. The Hall–Kier alpha value is -1.52. The number of ether oxygens (including phenoxy) is 1. The topological polar surface area (TPSA) is 53.1 Å². The van der Waals surface area contributed by atoms with Gasteiger partial charge in [-0.3, -0.25) is 0 Å². The lowest BCUT2D eigenvalue weighted by atomic mass is 10.1. The van der Waals surface area contributed by atoms with Gasteiger partial charge in [-0.25, -0.2) is 4.98 Å². The van der Waals surface area contributed by atoms with Crippen LogP contribution in [-0.2, 0) is 13.6 Å². The van der Waals surface area contributed by atoms with Gasteiger partial charge in [-0.05, 0) is 12.1 Å². The summed E-state index contributed by atoms with van der Waals surface area (Å²) in [6.07, 6.45) is 0. The summed E-state index contributed by atoms with van der Waals surface area (Å²) in [5, 5.41) is 0.442. The van der Waals surface area contributed by atoms with E-state index in [0.29, 0.717) is 11.7 Å². The van der Waals surface area contributed by atoms with Crippen molar-refractivity contribution in [2.45, 2.75) is 6.54 Å². The van der Waals surface area contributed by atoms with Crippen molar-refractivity contribution in [1.82, 2.24) is 9.55 Å². The standard InChI is InChI=1S/C12H14ClN3O/c1-16-10(7-14)15-12(13)11(16)8-5-3-4-6-9(8)17-2/h3-6H,7,14H2,1-2H3. The Morgan fingerprint density at radius 1 is 1.41 bits per heavy atom. The van der Waals surface area contributed by atoms with Crippen LogP contribution < -0.4 is 10.5 Å². The van der Waals surface area contributed by atoms with Gasteiger partial charge >= 0.3 is 0 Å². The van der Waals surface area contributed by atoms with E-state index in [1.165, 1.54) is 0 Å². The zero-order valence-corrected chi connectivity index (χ0v) is 10.5. The molecule has 0 aliphatic rings. The van der Waals surface area contributed by atoms with Crippen LogP contribution in [0.2, 0.25) is 5.15 Å². The number of methoxy groups -OCH3 is 1. The molecule has 0 aliphatic carbocycles.